The molecule has 1 aromatic carbocycles. The van der Waals surface area contributed by atoms with Crippen molar-refractivity contribution in [2.24, 2.45) is 0 Å². The molecule has 0 saturated carbocycles. The van der Waals surface area contributed by atoms with Crippen molar-refractivity contribution >= 4 is 28.9 Å². The van der Waals surface area contributed by atoms with Crippen molar-refractivity contribution in [2.75, 3.05) is 0 Å². The standard InChI is InChI=1S/C18H14ClNO3S/c19-13-5-7-14(8-6-13)23-18(22)16(15-4-2-10-24-15)17(21)12-3-1-9-20-11-12/h1-11,16-17,21H. The van der Waals surface area contributed by atoms with E-state index in [1.54, 1.807) is 54.9 Å². The lowest BCUT2D eigenvalue weighted by Gasteiger charge is -2.20. The fraction of sp³-hybridized carbons (Fsp3) is 0.111. The molecule has 2 atom stereocenters. The summed E-state index contributed by atoms with van der Waals surface area (Å²) in [4.78, 5) is 17.4. The number of carbonyl (C=O) groups is 1. The highest BCUT2D eigenvalue weighted by Gasteiger charge is 2.32. The van der Waals surface area contributed by atoms with Crippen LogP contribution in [0.25, 0.3) is 0 Å². The molecule has 0 fully saturated rings. The third-order valence-corrected chi connectivity index (χ3v) is 4.68. The molecule has 0 radical (unpaired) electrons. The zero-order valence-electron chi connectivity index (χ0n) is 12.5. The molecule has 0 aliphatic carbocycles. The third kappa shape index (κ3) is 3.82. The van der Waals surface area contributed by atoms with Crippen molar-refractivity contribution in [3.8, 4) is 5.75 Å². The highest BCUT2D eigenvalue weighted by atomic mass is 35.5. The number of hydrogen-bond donors (Lipinski definition) is 1. The number of esters is 1. The first-order valence-electron chi connectivity index (χ1n) is 7.24. The van der Waals surface area contributed by atoms with E-state index in [1.807, 2.05) is 11.4 Å². The Morgan fingerprint density at radius 3 is 2.58 bits per heavy atom. The lowest BCUT2D eigenvalue weighted by molar-refractivity contribution is -0.138. The van der Waals surface area contributed by atoms with Gasteiger partial charge in [0, 0.05) is 27.9 Å². The molecule has 0 spiro atoms. The number of thiophene rings is 1. The number of ether oxygens (including phenoxy) is 1. The molecule has 24 heavy (non-hydrogen) atoms. The predicted octanol–water partition coefficient (Wildman–Crippen LogP) is 4.22. The number of rotatable bonds is 5. The SMILES string of the molecule is O=C(Oc1ccc(Cl)cc1)C(c1cccs1)C(O)c1cccnc1. The van der Waals surface area contributed by atoms with Gasteiger partial charge in [0.1, 0.15) is 11.7 Å². The minimum atomic E-state index is -1.04. The van der Waals surface area contributed by atoms with E-state index in [1.165, 1.54) is 11.3 Å². The van der Waals surface area contributed by atoms with E-state index in [0.717, 1.165) is 4.88 Å². The molecule has 0 aliphatic heterocycles. The van der Waals surface area contributed by atoms with Gasteiger partial charge in [0.05, 0.1) is 6.10 Å². The molecule has 4 nitrogen and oxygen atoms in total. The van der Waals surface area contributed by atoms with Gasteiger partial charge < -0.3 is 9.84 Å². The van der Waals surface area contributed by atoms with E-state index >= 15 is 0 Å². The van der Waals surface area contributed by atoms with Crippen LogP contribution < -0.4 is 4.74 Å². The normalized spacial score (nSPS) is 13.2. The Hall–Kier alpha value is -2.21. The second-order valence-electron chi connectivity index (χ2n) is 5.10. The molecule has 0 aliphatic rings. The number of carbonyl (C=O) groups excluding carboxylic acids is 1. The fourth-order valence-corrected chi connectivity index (χ4v) is 3.26. The lowest BCUT2D eigenvalue weighted by Crippen LogP contribution is -2.24. The van der Waals surface area contributed by atoms with Crippen LogP contribution in [0.2, 0.25) is 5.02 Å². The molecule has 0 saturated heterocycles. The minimum absolute atomic E-state index is 0.379. The summed E-state index contributed by atoms with van der Waals surface area (Å²) >= 11 is 7.23. The van der Waals surface area contributed by atoms with Crippen LogP contribution in [-0.4, -0.2) is 16.1 Å². The summed E-state index contributed by atoms with van der Waals surface area (Å²) in [5.41, 5.74) is 0.559. The molecule has 2 unspecified atom stereocenters. The van der Waals surface area contributed by atoms with Gasteiger partial charge in [-0.3, -0.25) is 9.78 Å². The summed E-state index contributed by atoms with van der Waals surface area (Å²) in [5.74, 6) is -0.981. The summed E-state index contributed by atoms with van der Waals surface area (Å²) in [6.45, 7) is 0. The first-order chi connectivity index (χ1) is 11.6. The molecule has 6 heteroatoms. The van der Waals surface area contributed by atoms with Crippen LogP contribution >= 0.6 is 22.9 Å². The largest absolute Gasteiger partial charge is 0.426 e. The van der Waals surface area contributed by atoms with Gasteiger partial charge in [-0.15, -0.1) is 11.3 Å². The highest BCUT2D eigenvalue weighted by molar-refractivity contribution is 7.10. The van der Waals surface area contributed by atoms with Gasteiger partial charge in [-0.05, 0) is 41.8 Å². The highest BCUT2D eigenvalue weighted by Crippen LogP contribution is 2.34. The maximum Gasteiger partial charge on any atom is 0.322 e. The Morgan fingerprint density at radius 1 is 1.17 bits per heavy atom. The minimum Gasteiger partial charge on any atom is -0.426 e. The molecule has 2 heterocycles. The van der Waals surface area contributed by atoms with Gasteiger partial charge in [0.15, 0.2) is 0 Å². The number of pyridine rings is 1. The quantitative estimate of drug-likeness (QED) is 0.547. The number of halogens is 1. The van der Waals surface area contributed by atoms with E-state index in [9.17, 15) is 9.90 Å². The predicted molar refractivity (Wildman–Crippen MR) is 93.3 cm³/mol. The molecule has 1 N–H and O–H groups in total. The first-order valence-corrected chi connectivity index (χ1v) is 8.49. The fourth-order valence-electron chi connectivity index (χ4n) is 2.29. The van der Waals surface area contributed by atoms with Crippen molar-refractivity contribution in [3.63, 3.8) is 0 Å². The van der Waals surface area contributed by atoms with Gasteiger partial charge in [0.2, 0.25) is 0 Å². The summed E-state index contributed by atoms with van der Waals surface area (Å²) in [5, 5.41) is 13.1. The Bertz CT molecular complexity index is 791. The number of aromatic nitrogens is 1. The number of hydrogen-bond acceptors (Lipinski definition) is 5. The Labute approximate surface area is 148 Å². The van der Waals surface area contributed by atoms with Crippen LogP contribution in [-0.2, 0) is 4.79 Å². The van der Waals surface area contributed by atoms with E-state index in [4.69, 9.17) is 16.3 Å². The molecule has 122 valence electrons. The monoisotopic (exact) mass is 359 g/mol. The van der Waals surface area contributed by atoms with E-state index < -0.39 is 18.0 Å². The van der Waals surface area contributed by atoms with Gasteiger partial charge >= 0.3 is 5.97 Å². The van der Waals surface area contributed by atoms with Crippen LogP contribution in [0.15, 0.2) is 66.3 Å². The van der Waals surface area contributed by atoms with Crippen LogP contribution in [0.1, 0.15) is 22.5 Å². The third-order valence-electron chi connectivity index (χ3n) is 3.48. The van der Waals surface area contributed by atoms with Crippen LogP contribution in [0.3, 0.4) is 0 Å². The molecule has 3 rings (SSSR count). The average molecular weight is 360 g/mol. The second kappa shape index (κ2) is 7.57. The van der Waals surface area contributed by atoms with Gasteiger partial charge in [-0.1, -0.05) is 23.7 Å². The molecular formula is C18H14ClNO3S. The Morgan fingerprint density at radius 2 is 1.96 bits per heavy atom. The molecule has 0 bridgehead atoms. The van der Waals surface area contributed by atoms with Crippen molar-refractivity contribution in [1.82, 2.24) is 4.98 Å². The molecule has 0 amide bonds. The average Bonchev–Trinajstić information content (AvgIpc) is 3.12. The smallest absolute Gasteiger partial charge is 0.322 e. The maximum atomic E-state index is 12.7. The summed E-state index contributed by atoms with van der Waals surface area (Å²) in [7, 11) is 0. The second-order valence-corrected chi connectivity index (χ2v) is 6.52. The number of aliphatic hydroxyl groups is 1. The van der Waals surface area contributed by atoms with Crippen molar-refractivity contribution in [3.05, 3.63) is 81.8 Å². The van der Waals surface area contributed by atoms with Gasteiger partial charge in [-0.2, -0.15) is 0 Å². The summed E-state index contributed by atoms with van der Waals surface area (Å²) < 4.78 is 5.43. The Kier molecular flexibility index (Phi) is 5.25. The zero-order chi connectivity index (χ0) is 16.9. The zero-order valence-corrected chi connectivity index (χ0v) is 14.1. The van der Waals surface area contributed by atoms with Crippen LogP contribution in [0.5, 0.6) is 5.75 Å². The van der Waals surface area contributed by atoms with Crippen molar-refractivity contribution in [1.29, 1.82) is 0 Å². The van der Waals surface area contributed by atoms with E-state index in [0.29, 0.717) is 16.3 Å². The van der Waals surface area contributed by atoms with Crippen LogP contribution in [0.4, 0.5) is 0 Å². The lowest BCUT2D eigenvalue weighted by atomic mass is 9.95. The summed E-state index contributed by atoms with van der Waals surface area (Å²) in [6, 6.07) is 13.6. The molecule has 2 aromatic heterocycles. The number of aliphatic hydroxyl groups excluding tert-OH is 1. The van der Waals surface area contributed by atoms with Gasteiger partial charge in [0.25, 0.3) is 0 Å². The summed E-state index contributed by atoms with van der Waals surface area (Å²) in [6.07, 6.45) is 2.11. The van der Waals surface area contributed by atoms with Crippen molar-refractivity contribution < 1.29 is 14.6 Å². The van der Waals surface area contributed by atoms with Crippen molar-refractivity contribution in [2.45, 2.75) is 12.0 Å². The first kappa shape index (κ1) is 16.6. The number of nitrogens with zero attached hydrogens (tertiary/aromatic N) is 1. The maximum absolute atomic E-state index is 12.7. The van der Waals surface area contributed by atoms with E-state index in [-0.39, 0.29) is 0 Å². The number of benzene rings is 1. The van der Waals surface area contributed by atoms with Gasteiger partial charge in [-0.25, -0.2) is 0 Å². The molecule has 3 aromatic rings. The topological polar surface area (TPSA) is 59.4 Å². The van der Waals surface area contributed by atoms with E-state index in [2.05, 4.69) is 4.98 Å². The Balaban J connectivity index is 1.87. The molecular weight excluding hydrogens is 346 g/mol. The van der Waals surface area contributed by atoms with Crippen LogP contribution in [0, 0.1) is 0 Å².